The van der Waals surface area contributed by atoms with E-state index < -0.39 is 0 Å². The highest BCUT2D eigenvalue weighted by Gasteiger charge is 2.28. The third-order valence-electron chi connectivity index (χ3n) is 5.24. The smallest absolute Gasteiger partial charge is 0.280 e. The van der Waals surface area contributed by atoms with Crippen molar-refractivity contribution in [3.8, 4) is 5.75 Å². The van der Waals surface area contributed by atoms with E-state index in [9.17, 15) is 9.59 Å². The van der Waals surface area contributed by atoms with Crippen LogP contribution in [0.5, 0.6) is 5.75 Å². The van der Waals surface area contributed by atoms with Crippen molar-refractivity contribution >= 4 is 33.8 Å². The molecule has 0 saturated carbocycles. The van der Waals surface area contributed by atoms with Gasteiger partial charge in [0.1, 0.15) is 10.8 Å². The molecule has 1 aliphatic rings. The molecule has 1 aromatic heterocycles. The van der Waals surface area contributed by atoms with Gasteiger partial charge in [0.15, 0.2) is 6.54 Å². The molecule has 2 aromatic rings. The average Bonchev–Trinajstić information content (AvgIpc) is 3.06. The van der Waals surface area contributed by atoms with Crippen molar-refractivity contribution in [2.75, 3.05) is 30.3 Å². The van der Waals surface area contributed by atoms with Gasteiger partial charge in [-0.1, -0.05) is 13.8 Å². The lowest BCUT2D eigenvalue weighted by molar-refractivity contribution is -0.643. The van der Waals surface area contributed by atoms with Crippen LogP contribution in [0.25, 0.3) is 0 Å². The molecule has 1 aromatic carbocycles. The minimum Gasteiger partial charge on any atom is -0.494 e. The van der Waals surface area contributed by atoms with Gasteiger partial charge in [-0.2, -0.15) is 0 Å². The third-order valence-corrected chi connectivity index (χ3v) is 6.41. The van der Waals surface area contributed by atoms with E-state index in [0.29, 0.717) is 35.3 Å². The normalized spacial score (nSPS) is 15.4. The number of rotatable bonds is 9. The average molecular weight is 431 g/mol. The number of nitrogens with one attached hydrogen (secondary N) is 2. The predicted molar refractivity (Wildman–Crippen MR) is 122 cm³/mol. The number of amides is 2. The third kappa shape index (κ3) is 5.61. The van der Waals surface area contributed by atoms with Crippen LogP contribution < -0.4 is 20.7 Å². The number of anilines is 2. The Morgan fingerprint density at radius 1 is 1.20 bits per heavy atom. The van der Waals surface area contributed by atoms with Gasteiger partial charge in [0.05, 0.1) is 18.7 Å². The van der Waals surface area contributed by atoms with Crippen LogP contribution in [0.4, 0.5) is 10.7 Å². The number of hydrogen-bond donors (Lipinski definition) is 3. The second-order valence-corrected chi connectivity index (χ2v) is 8.90. The lowest BCUT2D eigenvalue weighted by atomic mass is 9.88. The summed E-state index contributed by atoms with van der Waals surface area (Å²) in [5.74, 6) is 1.14. The first-order valence-electron chi connectivity index (χ1n) is 10.8. The van der Waals surface area contributed by atoms with Gasteiger partial charge in [0, 0.05) is 10.6 Å². The monoisotopic (exact) mass is 430 g/mol. The Bertz CT molecular complexity index is 877. The first-order chi connectivity index (χ1) is 14.5. The number of benzene rings is 1. The summed E-state index contributed by atoms with van der Waals surface area (Å²) in [5, 5.41) is 8.66. The molecule has 0 fully saturated rings. The second kappa shape index (κ2) is 10.6. The van der Waals surface area contributed by atoms with Crippen LogP contribution in [-0.2, 0) is 17.6 Å². The Morgan fingerprint density at radius 3 is 2.67 bits per heavy atom. The fraction of sp³-hybridized carbons (Fsp3) is 0.478. The van der Waals surface area contributed by atoms with E-state index in [-0.39, 0.29) is 11.8 Å². The minimum absolute atomic E-state index is 0.0646. The molecular weight excluding hydrogens is 398 g/mol. The number of hydrogen-bond acceptors (Lipinski definition) is 4. The number of nitrogens with two attached hydrogens (primary N) is 1. The summed E-state index contributed by atoms with van der Waals surface area (Å²) in [5.41, 5.74) is 2.43. The first kappa shape index (κ1) is 22.3. The van der Waals surface area contributed by atoms with Crippen LogP contribution in [0.1, 0.15) is 54.4 Å². The van der Waals surface area contributed by atoms with E-state index in [1.807, 2.05) is 36.5 Å². The molecule has 0 unspecified atom stereocenters. The van der Waals surface area contributed by atoms with Crippen molar-refractivity contribution in [1.29, 1.82) is 0 Å². The van der Waals surface area contributed by atoms with Gasteiger partial charge in [0.25, 0.3) is 11.8 Å². The van der Waals surface area contributed by atoms with E-state index in [4.69, 9.17) is 4.74 Å². The molecule has 4 N–H and O–H groups in total. The zero-order valence-corrected chi connectivity index (χ0v) is 18.9. The maximum Gasteiger partial charge on any atom is 0.280 e. The predicted octanol–water partition coefficient (Wildman–Crippen LogP) is 3.44. The zero-order chi connectivity index (χ0) is 21.5. The summed E-state index contributed by atoms with van der Waals surface area (Å²) < 4.78 is 5.46. The molecule has 6 nitrogen and oxygen atoms in total. The summed E-state index contributed by atoms with van der Waals surface area (Å²) in [6.45, 7) is 8.15. The van der Waals surface area contributed by atoms with Crippen LogP contribution in [0.3, 0.4) is 0 Å². The molecular formula is C23H32N3O3S+. The highest BCUT2D eigenvalue weighted by Crippen LogP contribution is 2.40. The quantitative estimate of drug-likeness (QED) is 0.533. The molecule has 2 amide bonds. The molecule has 0 radical (unpaired) electrons. The number of thiophene rings is 1. The highest BCUT2D eigenvalue weighted by atomic mass is 32.1. The molecule has 0 spiro atoms. The molecule has 3 rings (SSSR count). The van der Waals surface area contributed by atoms with E-state index in [1.165, 1.54) is 4.88 Å². The van der Waals surface area contributed by atoms with Crippen molar-refractivity contribution in [3.63, 3.8) is 0 Å². The number of quaternary nitrogens is 1. The summed E-state index contributed by atoms with van der Waals surface area (Å²) in [7, 11) is 0. The fourth-order valence-electron chi connectivity index (χ4n) is 3.69. The van der Waals surface area contributed by atoms with Crippen molar-refractivity contribution in [1.82, 2.24) is 0 Å². The van der Waals surface area contributed by atoms with Gasteiger partial charge in [-0.05, 0) is 68.4 Å². The van der Waals surface area contributed by atoms with E-state index in [2.05, 4.69) is 24.5 Å². The van der Waals surface area contributed by atoms with Crippen molar-refractivity contribution < 1.29 is 19.6 Å². The Kier molecular flexibility index (Phi) is 7.87. The SMILES string of the molecule is CCC[NH2+]CC(=O)Nc1sc2c(c1C(=O)Nc1ccc(OCC)cc1)CC[C@@H](C)C2. The van der Waals surface area contributed by atoms with E-state index >= 15 is 0 Å². The number of carbonyl (C=O) groups excluding carboxylic acids is 2. The zero-order valence-electron chi connectivity index (χ0n) is 18.0. The number of carbonyl (C=O) groups is 2. The number of ether oxygens (including phenoxy) is 1. The van der Waals surface area contributed by atoms with Crippen molar-refractivity contribution in [2.24, 2.45) is 5.92 Å². The van der Waals surface area contributed by atoms with Crippen LogP contribution in [0, 0.1) is 5.92 Å². The standard InChI is InChI=1S/C23H31N3O3S/c1-4-12-24-14-20(27)26-23-21(18-11-6-15(3)13-19(18)30-23)22(28)25-16-7-9-17(10-8-16)29-5-2/h7-10,15,24H,4-6,11-14H2,1-3H3,(H,25,28)(H,26,27)/p+1/t15-/m1/s1. The van der Waals surface area contributed by atoms with Gasteiger partial charge in [-0.3, -0.25) is 9.59 Å². The van der Waals surface area contributed by atoms with Gasteiger partial charge >= 0.3 is 0 Å². The van der Waals surface area contributed by atoms with Gasteiger partial charge in [0.2, 0.25) is 0 Å². The molecule has 162 valence electrons. The maximum atomic E-state index is 13.2. The van der Waals surface area contributed by atoms with Crippen LogP contribution in [-0.4, -0.2) is 31.5 Å². The van der Waals surface area contributed by atoms with Crippen LogP contribution >= 0.6 is 11.3 Å². The molecule has 7 heteroatoms. The molecule has 1 aliphatic carbocycles. The molecule has 1 heterocycles. The van der Waals surface area contributed by atoms with Crippen LogP contribution in [0.15, 0.2) is 24.3 Å². The Hall–Kier alpha value is -2.38. The van der Waals surface area contributed by atoms with Gasteiger partial charge in [-0.15, -0.1) is 11.3 Å². The largest absolute Gasteiger partial charge is 0.494 e. The van der Waals surface area contributed by atoms with E-state index in [1.54, 1.807) is 11.3 Å². The Morgan fingerprint density at radius 2 is 1.97 bits per heavy atom. The minimum atomic E-state index is -0.168. The molecule has 0 saturated heterocycles. The second-order valence-electron chi connectivity index (χ2n) is 7.80. The van der Waals surface area contributed by atoms with Gasteiger partial charge in [-0.25, -0.2) is 0 Å². The summed E-state index contributed by atoms with van der Waals surface area (Å²) in [4.78, 5) is 26.8. The van der Waals surface area contributed by atoms with Crippen molar-refractivity contribution in [3.05, 3.63) is 40.3 Å². The lowest BCUT2D eigenvalue weighted by Gasteiger charge is -2.18. The van der Waals surface area contributed by atoms with Gasteiger partial charge < -0.3 is 20.7 Å². The van der Waals surface area contributed by atoms with Crippen LogP contribution in [0.2, 0.25) is 0 Å². The van der Waals surface area contributed by atoms with E-state index in [0.717, 1.165) is 43.5 Å². The fourth-order valence-corrected chi connectivity index (χ4v) is 5.11. The number of fused-ring (bicyclic) bond motifs is 1. The molecule has 0 bridgehead atoms. The summed E-state index contributed by atoms with van der Waals surface area (Å²) in [6.07, 6.45) is 3.91. The maximum absolute atomic E-state index is 13.2. The molecule has 0 aliphatic heterocycles. The molecule has 30 heavy (non-hydrogen) atoms. The lowest BCUT2D eigenvalue weighted by Crippen LogP contribution is -2.86. The highest BCUT2D eigenvalue weighted by molar-refractivity contribution is 7.17. The summed E-state index contributed by atoms with van der Waals surface area (Å²) in [6, 6.07) is 7.36. The Labute approximate surface area is 182 Å². The topological polar surface area (TPSA) is 84.0 Å². The van der Waals surface area contributed by atoms with Crippen molar-refractivity contribution in [2.45, 2.75) is 46.5 Å². The Balaban J connectivity index is 1.80. The summed E-state index contributed by atoms with van der Waals surface area (Å²) >= 11 is 1.55. The molecule has 1 atom stereocenters. The first-order valence-corrected chi connectivity index (χ1v) is 11.6.